The molecule has 2 fully saturated rings. The Kier molecular flexibility index (Phi) is 11.9. The van der Waals surface area contributed by atoms with Gasteiger partial charge in [-0.2, -0.15) is 5.26 Å². The molecular formula is C39H42Cl2N4O4. The van der Waals surface area contributed by atoms with E-state index >= 15 is 0 Å². The van der Waals surface area contributed by atoms with Crippen LogP contribution in [0.2, 0.25) is 10.0 Å². The Labute approximate surface area is 298 Å². The molecule has 256 valence electrons. The van der Waals surface area contributed by atoms with Gasteiger partial charge in [0.05, 0.1) is 28.3 Å². The number of halogens is 2. The van der Waals surface area contributed by atoms with Gasteiger partial charge in [0.2, 0.25) is 0 Å². The highest BCUT2D eigenvalue weighted by atomic mass is 35.5. The number of likely N-dealkylation sites (tertiary alicyclic amines) is 2. The number of nitriles is 1. The average Bonchev–Trinajstić information content (AvgIpc) is 3.79. The highest BCUT2D eigenvalue weighted by Gasteiger charge is 2.23. The normalized spacial score (nSPS) is 16.5. The molecule has 49 heavy (non-hydrogen) atoms. The minimum absolute atomic E-state index is 0.225. The predicted molar refractivity (Wildman–Crippen MR) is 192 cm³/mol. The Morgan fingerprint density at radius 2 is 1.67 bits per heavy atom. The van der Waals surface area contributed by atoms with Crippen molar-refractivity contribution in [2.75, 3.05) is 39.3 Å². The van der Waals surface area contributed by atoms with Crippen molar-refractivity contribution in [1.82, 2.24) is 14.8 Å². The zero-order valence-electron chi connectivity index (χ0n) is 27.8. The van der Waals surface area contributed by atoms with E-state index < -0.39 is 0 Å². The van der Waals surface area contributed by atoms with Crippen LogP contribution in [0, 0.1) is 18.3 Å². The number of hydrogen-bond donors (Lipinski definition) is 1. The molecule has 3 aromatic carbocycles. The van der Waals surface area contributed by atoms with E-state index in [2.05, 4.69) is 33.8 Å². The van der Waals surface area contributed by atoms with Crippen molar-refractivity contribution in [3.8, 4) is 34.4 Å². The maximum atomic E-state index is 10.1. The molecule has 1 N–H and O–H groups in total. The van der Waals surface area contributed by atoms with Crippen LogP contribution < -0.4 is 14.2 Å². The minimum atomic E-state index is -0.337. The van der Waals surface area contributed by atoms with Crippen molar-refractivity contribution in [2.45, 2.75) is 58.5 Å². The first-order chi connectivity index (χ1) is 23.9. The molecule has 2 saturated heterocycles. The summed E-state index contributed by atoms with van der Waals surface area (Å²) in [5, 5.41) is 20.4. The second kappa shape index (κ2) is 16.7. The fraction of sp³-hybridized carbons (Fsp3) is 0.385. The van der Waals surface area contributed by atoms with Gasteiger partial charge in [0.1, 0.15) is 36.5 Å². The van der Waals surface area contributed by atoms with Crippen LogP contribution in [0.1, 0.15) is 53.5 Å². The predicted octanol–water partition coefficient (Wildman–Crippen LogP) is 7.82. The molecule has 1 atom stereocenters. The monoisotopic (exact) mass is 700 g/mol. The Morgan fingerprint density at radius 3 is 2.47 bits per heavy atom. The molecule has 3 heterocycles. The van der Waals surface area contributed by atoms with Crippen LogP contribution >= 0.6 is 23.2 Å². The topological polar surface area (TPSA) is 91.1 Å². The van der Waals surface area contributed by atoms with Gasteiger partial charge in [0.25, 0.3) is 0 Å². The van der Waals surface area contributed by atoms with Crippen molar-refractivity contribution in [3.05, 3.63) is 105 Å². The smallest absolute Gasteiger partial charge is 0.142 e. The SMILES string of the molecule is Cc1c(COc2cc(OCc3cncc(C#N)c3)c(CN3CC[C@@H](O)C3)cc2Cl)cccc1-c1cccc(OCCCN2CCCC2)c1Cl. The summed E-state index contributed by atoms with van der Waals surface area (Å²) >= 11 is 13.7. The highest BCUT2D eigenvalue weighted by molar-refractivity contribution is 6.35. The van der Waals surface area contributed by atoms with E-state index in [0.29, 0.717) is 52.6 Å². The van der Waals surface area contributed by atoms with E-state index in [-0.39, 0.29) is 19.3 Å². The summed E-state index contributed by atoms with van der Waals surface area (Å²) < 4.78 is 18.8. The van der Waals surface area contributed by atoms with Gasteiger partial charge in [-0.3, -0.25) is 9.88 Å². The summed E-state index contributed by atoms with van der Waals surface area (Å²) in [7, 11) is 0. The van der Waals surface area contributed by atoms with Crippen LogP contribution in [-0.2, 0) is 19.8 Å². The molecular weight excluding hydrogens is 659 g/mol. The van der Waals surface area contributed by atoms with Crippen molar-refractivity contribution < 1.29 is 19.3 Å². The first-order valence-corrected chi connectivity index (χ1v) is 17.7. The van der Waals surface area contributed by atoms with Crippen molar-refractivity contribution in [3.63, 3.8) is 0 Å². The van der Waals surface area contributed by atoms with Crippen molar-refractivity contribution in [2.24, 2.45) is 0 Å². The lowest BCUT2D eigenvalue weighted by molar-refractivity contribution is 0.174. The first-order valence-electron chi connectivity index (χ1n) is 16.9. The number of aromatic nitrogens is 1. The van der Waals surface area contributed by atoms with E-state index in [4.69, 9.17) is 37.4 Å². The van der Waals surface area contributed by atoms with Crippen LogP contribution in [0.3, 0.4) is 0 Å². The molecule has 0 aliphatic carbocycles. The van der Waals surface area contributed by atoms with E-state index in [9.17, 15) is 10.4 Å². The highest BCUT2D eigenvalue weighted by Crippen LogP contribution is 2.39. The molecule has 8 nitrogen and oxygen atoms in total. The quantitative estimate of drug-likeness (QED) is 0.133. The molecule has 2 aliphatic rings. The summed E-state index contributed by atoms with van der Waals surface area (Å²) in [6, 6.07) is 19.6. The first kappa shape index (κ1) is 35.0. The average molecular weight is 702 g/mol. The summed E-state index contributed by atoms with van der Waals surface area (Å²) in [6.45, 7) is 8.59. The van der Waals surface area contributed by atoms with Crippen LogP contribution in [-0.4, -0.2) is 65.3 Å². The molecule has 0 radical (unpaired) electrons. The molecule has 6 rings (SSSR count). The summed E-state index contributed by atoms with van der Waals surface area (Å²) in [5.41, 5.74) is 6.12. The third-order valence-electron chi connectivity index (χ3n) is 9.23. The largest absolute Gasteiger partial charge is 0.492 e. The van der Waals surface area contributed by atoms with E-state index in [1.807, 2.05) is 42.5 Å². The second-order valence-corrected chi connectivity index (χ2v) is 13.6. The molecule has 0 saturated carbocycles. The van der Waals surface area contributed by atoms with Gasteiger partial charge in [-0.05, 0) is 80.6 Å². The molecule has 0 bridgehead atoms. The Morgan fingerprint density at radius 1 is 0.878 bits per heavy atom. The maximum Gasteiger partial charge on any atom is 0.142 e. The third kappa shape index (κ3) is 9.04. The molecule has 0 unspecified atom stereocenters. The lowest BCUT2D eigenvalue weighted by atomic mass is 9.96. The van der Waals surface area contributed by atoms with Gasteiger partial charge in [-0.1, -0.05) is 53.5 Å². The minimum Gasteiger partial charge on any atom is -0.492 e. The lowest BCUT2D eigenvalue weighted by Crippen LogP contribution is -2.22. The number of ether oxygens (including phenoxy) is 3. The van der Waals surface area contributed by atoms with E-state index in [1.54, 1.807) is 12.3 Å². The van der Waals surface area contributed by atoms with Crippen LogP contribution in [0.25, 0.3) is 11.1 Å². The fourth-order valence-corrected chi connectivity index (χ4v) is 7.05. The number of benzene rings is 3. The lowest BCUT2D eigenvalue weighted by Gasteiger charge is -2.20. The summed E-state index contributed by atoms with van der Waals surface area (Å²) in [6.07, 6.45) is 7.15. The van der Waals surface area contributed by atoms with Crippen molar-refractivity contribution in [1.29, 1.82) is 5.26 Å². The van der Waals surface area contributed by atoms with Gasteiger partial charge < -0.3 is 24.2 Å². The molecule has 10 heteroatoms. The number of nitrogens with zero attached hydrogens (tertiary/aromatic N) is 4. The maximum absolute atomic E-state index is 10.1. The number of pyridine rings is 1. The summed E-state index contributed by atoms with van der Waals surface area (Å²) in [5.74, 6) is 1.82. The van der Waals surface area contributed by atoms with E-state index in [1.165, 1.54) is 32.1 Å². The van der Waals surface area contributed by atoms with E-state index in [0.717, 1.165) is 59.3 Å². The Balaban J connectivity index is 1.17. The van der Waals surface area contributed by atoms with Gasteiger partial charge in [0.15, 0.2) is 0 Å². The van der Waals surface area contributed by atoms with Crippen LogP contribution in [0.4, 0.5) is 0 Å². The molecule has 4 aromatic rings. The van der Waals surface area contributed by atoms with Crippen LogP contribution in [0.5, 0.6) is 17.2 Å². The van der Waals surface area contributed by atoms with Gasteiger partial charge in [-0.15, -0.1) is 0 Å². The number of β-amino-alcohol motifs (C(OH)–C–C–N with tert-alkyl or cyclic N) is 1. The third-order valence-corrected chi connectivity index (χ3v) is 9.92. The number of hydrogen-bond acceptors (Lipinski definition) is 8. The number of rotatable bonds is 14. The van der Waals surface area contributed by atoms with Gasteiger partial charge in [0, 0.05) is 61.3 Å². The van der Waals surface area contributed by atoms with Crippen molar-refractivity contribution >= 4 is 23.2 Å². The number of aliphatic hydroxyl groups is 1. The number of aliphatic hydroxyl groups excluding tert-OH is 1. The fourth-order valence-electron chi connectivity index (χ4n) is 6.52. The standard InChI is InChI=1S/C39H42Cl2N4O4/c1-27-30(7-4-8-33(27)34-9-5-10-36(39(34)41)47-16-6-14-44-12-2-3-13-44)26-49-38-19-37(48-25-29-17-28(20-42)21-43-22-29)31(18-35(38)40)23-45-15-11-32(46)24-45/h4-5,7-10,17-19,21-22,32,46H,2-3,6,11-16,23-26H2,1H3/t32-/m1/s1. The van der Waals surface area contributed by atoms with Crippen LogP contribution in [0.15, 0.2) is 67.0 Å². The molecule has 0 spiro atoms. The second-order valence-electron chi connectivity index (χ2n) is 12.8. The molecule has 0 amide bonds. The summed E-state index contributed by atoms with van der Waals surface area (Å²) in [4.78, 5) is 8.82. The zero-order chi connectivity index (χ0) is 34.2. The Hall–Kier alpha value is -3.84. The Bertz CT molecular complexity index is 1790. The zero-order valence-corrected chi connectivity index (χ0v) is 29.3. The van der Waals surface area contributed by atoms with Gasteiger partial charge >= 0.3 is 0 Å². The molecule has 1 aromatic heterocycles. The van der Waals surface area contributed by atoms with Gasteiger partial charge in [-0.25, -0.2) is 0 Å². The molecule has 2 aliphatic heterocycles.